The maximum atomic E-state index is 12.1. The Hall–Kier alpha value is -2.80. The van der Waals surface area contributed by atoms with Crippen LogP contribution < -0.4 is 4.90 Å². The van der Waals surface area contributed by atoms with E-state index in [4.69, 9.17) is 16.7 Å². The van der Waals surface area contributed by atoms with Gasteiger partial charge in [0.05, 0.1) is 17.8 Å². The number of halogens is 1. The molecule has 0 saturated heterocycles. The fourth-order valence-electron chi connectivity index (χ4n) is 4.83. The van der Waals surface area contributed by atoms with Gasteiger partial charge in [0, 0.05) is 74.3 Å². The number of nitrogens with zero attached hydrogens (tertiary/aromatic N) is 6. The quantitative estimate of drug-likeness (QED) is 0.621. The molecule has 5 rings (SSSR count). The van der Waals surface area contributed by atoms with Crippen molar-refractivity contribution in [3.63, 3.8) is 0 Å². The first-order chi connectivity index (χ1) is 15.0. The number of rotatable bonds is 3. The van der Waals surface area contributed by atoms with Crippen molar-refractivity contribution in [1.82, 2.24) is 24.5 Å². The highest BCUT2D eigenvalue weighted by Crippen LogP contribution is 2.41. The lowest BCUT2D eigenvalue weighted by molar-refractivity contribution is -0.129. The van der Waals surface area contributed by atoms with Crippen LogP contribution in [0.15, 0.2) is 24.5 Å². The molecular weight excluding hydrogens is 412 g/mol. The average Bonchev–Trinajstić information content (AvgIpc) is 3.35. The summed E-state index contributed by atoms with van der Waals surface area (Å²) in [6.45, 7) is 6.85. The second-order valence-electron chi connectivity index (χ2n) is 8.37. The Morgan fingerprint density at radius 2 is 2.06 bits per heavy atom. The molecule has 0 bridgehead atoms. The van der Waals surface area contributed by atoms with Crippen molar-refractivity contribution >= 4 is 29.0 Å². The van der Waals surface area contributed by atoms with Gasteiger partial charge >= 0.3 is 0 Å². The van der Waals surface area contributed by atoms with Crippen molar-refractivity contribution in [3.05, 3.63) is 46.4 Å². The Kier molecular flexibility index (Phi) is 5.01. The van der Waals surface area contributed by atoms with Crippen LogP contribution in [0.1, 0.15) is 37.1 Å². The van der Waals surface area contributed by atoms with Crippen LogP contribution in [0.2, 0.25) is 5.02 Å². The van der Waals surface area contributed by atoms with Gasteiger partial charge in [-0.1, -0.05) is 11.6 Å². The lowest BCUT2D eigenvalue weighted by Crippen LogP contribution is -2.35. The molecule has 2 aliphatic heterocycles. The van der Waals surface area contributed by atoms with E-state index < -0.39 is 0 Å². The maximum Gasteiger partial charge on any atom is 0.219 e. The first kappa shape index (κ1) is 20.1. The Labute approximate surface area is 187 Å². The van der Waals surface area contributed by atoms with E-state index in [0.717, 1.165) is 61.5 Å². The molecule has 2 aromatic heterocycles. The summed E-state index contributed by atoms with van der Waals surface area (Å²) in [5.41, 5.74) is 6.85. The monoisotopic (exact) mass is 438 g/mol. The molecule has 0 unspecified atom stereocenters. The summed E-state index contributed by atoms with van der Waals surface area (Å²) in [4.78, 5) is 16.3. The highest BCUT2D eigenvalue weighted by atomic mass is 35.5. The normalized spacial score (nSPS) is 15.7. The molecule has 0 fully saturated rings. The predicted molar refractivity (Wildman–Crippen MR) is 122 cm³/mol. The number of benzene rings is 1. The van der Waals surface area contributed by atoms with E-state index in [1.807, 2.05) is 24.3 Å². The Bertz CT molecular complexity index is 1160. The van der Waals surface area contributed by atoms with Crippen LogP contribution in [0.5, 0.6) is 0 Å². The molecule has 1 aromatic carbocycles. The zero-order valence-electron chi connectivity index (χ0n) is 18.2. The van der Waals surface area contributed by atoms with Crippen molar-refractivity contribution in [3.8, 4) is 11.1 Å². The number of hydrogen-bond donors (Lipinski definition) is 0. The molecule has 4 heterocycles. The molecule has 0 radical (unpaired) electrons. The molecule has 0 aliphatic carbocycles. The molecular formula is C23H27ClN6O. The topological polar surface area (TPSA) is 59.2 Å². The third-order valence-corrected chi connectivity index (χ3v) is 6.73. The zero-order valence-corrected chi connectivity index (χ0v) is 19.0. The van der Waals surface area contributed by atoms with Crippen LogP contribution in [0, 0.1) is 0 Å². The number of aryl methyl sites for hydroxylation is 3. The van der Waals surface area contributed by atoms with Crippen molar-refractivity contribution < 1.29 is 4.79 Å². The van der Waals surface area contributed by atoms with Crippen LogP contribution in [-0.2, 0) is 37.8 Å². The van der Waals surface area contributed by atoms with Crippen molar-refractivity contribution in [2.24, 2.45) is 7.05 Å². The second kappa shape index (κ2) is 7.71. The number of amides is 1. The van der Waals surface area contributed by atoms with Gasteiger partial charge in [-0.3, -0.25) is 14.2 Å². The molecule has 2 aliphatic rings. The first-order valence-corrected chi connectivity index (χ1v) is 11.3. The van der Waals surface area contributed by atoms with Crippen molar-refractivity contribution in [2.45, 2.75) is 46.2 Å². The van der Waals surface area contributed by atoms with E-state index in [-0.39, 0.29) is 5.91 Å². The summed E-state index contributed by atoms with van der Waals surface area (Å²) in [6.07, 6.45) is 6.74. The molecule has 0 N–H and O–H groups in total. The van der Waals surface area contributed by atoms with E-state index in [2.05, 4.69) is 33.7 Å². The lowest BCUT2D eigenvalue weighted by atomic mass is 9.96. The van der Waals surface area contributed by atoms with Crippen molar-refractivity contribution in [2.75, 3.05) is 18.0 Å². The number of hydrogen-bond acceptors (Lipinski definition) is 4. The van der Waals surface area contributed by atoms with E-state index in [0.29, 0.717) is 11.6 Å². The van der Waals surface area contributed by atoms with Crippen LogP contribution in [-0.4, -0.2) is 43.5 Å². The van der Waals surface area contributed by atoms with Crippen LogP contribution in [0.4, 0.5) is 11.5 Å². The van der Waals surface area contributed by atoms with Gasteiger partial charge in [-0.25, -0.2) is 0 Å². The van der Waals surface area contributed by atoms with Gasteiger partial charge in [0.2, 0.25) is 5.91 Å². The highest BCUT2D eigenvalue weighted by Gasteiger charge is 2.31. The summed E-state index contributed by atoms with van der Waals surface area (Å²) in [6, 6.07) is 4.27. The standard InChI is InChI=1S/C23H27ClN6O/c1-4-30-21-7-9-28(15(2)31)14-19(21)23(26-30)29-8-5-6-16-10-18(20(24)11-22(16)29)17-12-25-27(3)13-17/h10-13H,4-9,14H2,1-3H3. The maximum absolute atomic E-state index is 12.1. The summed E-state index contributed by atoms with van der Waals surface area (Å²) < 4.78 is 3.89. The molecule has 0 spiro atoms. The minimum Gasteiger partial charge on any atom is -0.338 e. The largest absolute Gasteiger partial charge is 0.338 e. The summed E-state index contributed by atoms with van der Waals surface area (Å²) in [5.74, 6) is 1.08. The molecule has 1 amide bonds. The highest BCUT2D eigenvalue weighted by molar-refractivity contribution is 6.33. The number of aromatic nitrogens is 4. The number of fused-ring (bicyclic) bond motifs is 2. The molecule has 31 heavy (non-hydrogen) atoms. The molecule has 0 atom stereocenters. The minimum atomic E-state index is 0.115. The van der Waals surface area contributed by atoms with Gasteiger partial charge < -0.3 is 9.80 Å². The van der Waals surface area contributed by atoms with Crippen molar-refractivity contribution in [1.29, 1.82) is 0 Å². The predicted octanol–water partition coefficient (Wildman–Crippen LogP) is 3.95. The van der Waals surface area contributed by atoms with E-state index in [9.17, 15) is 4.79 Å². The lowest BCUT2D eigenvalue weighted by Gasteiger charge is -2.33. The molecule has 8 heteroatoms. The fraction of sp³-hybridized carbons (Fsp3) is 0.435. The summed E-state index contributed by atoms with van der Waals surface area (Å²) in [7, 11) is 1.91. The Balaban J connectivity index is 1.59. The number of carbonyl (C=O) groups excluding carboxylic acids is 1. The molecule has 0 saturated carbocycles. The Morgan fingerprint density at radius 1 is 1.23 bits per heavy atom. The van der Waals surface area contributed by atoms with Crippen LogP contribution in [0.25, 0.3) is 11.1 Å². The van der Waals surface area contributed by atoms with Gasteiger partial charge in [-0.2, -0.15) is 10.2 Å². The molecule has 162 valence electrons. The van der Waals surface area contributed by atoms with Gasteiger partial charge in [0.25, 0.3) is 0 Å². The molecule has 7 nitrogen and oxygen atoms in total. The van der Waals surface area contributed by atoms with Crippen LogP contribution in [0.3, 0.4) is 0 Å². The van der Waals surface area contributed by atoms with E-state index in [1.165, 1.54) is 16.8 Å². The number of carbonyl (C=O) groups is 1. The fourth-order valence-corrected chi connectivity index (χ4v) is 5.10. The zero-order chi connectivity index (χ0) is 21.7. The van der Waals surface area contributed by atoms with Gasteiger partial charge in [0.1, 0.15) is 0 Å². The second-order valence-corrected chi connectivity index (χ2v) is 8.78. The third kappa shape index (κ3) is 3.41. The van der Waals surface area contributed by atoms with E-state index >= 15 is 0 Å². The van der Waals surface area contributed by atoms with Gasteiger partial charge in [0.15, 0.2) is 5.82 Å². The van der Waals surface area contributed by atoms with Gasteiger partial charge in [-0.05, 0) is 37.5 Å². The minimum absolute atomic E-state index is 0.115. The Morgan fingerprint density at radius 3 is 2.77 bits per heavy atom. The third-order valence-electron chi connectivity index (χ3n) is 6.42. The smallest absolute Gasteiger partial charge is 0.219 e. The summed E-state index contributed by atoms with van der Waals surface area (Å²) in [5, 5.41) is 10.00. The van der Waals surface area contributed by atoms with Crippen LogP contribution >= 0.6 is 11.6 Å². The number of anilines is 2. The summed E-state index contributed by atoms with van der Waals surface area (Å²) >= 11 is 6.76. The van der Waals surface area contributed by atoms with Gasteiger partial charge in [-0.15, -0.1) is 0 Å². The average molecular weight is 439 g/mol. The first-order valence-electron chi connectivity index (χ1n) is 10.9. The van der Waals surface area contributed by atoms with E-state index in [1.54, 1.807) is 11.6 Å². The molecule has 3 aromatic rings. The SMILES string of the molecule is CCn1nc(N2CCCc3cc(-c4cnn(C)c4)c(Cl)cc32)c2c1CCN(C(C)=O)C2.